The average molecular weight is 554 g/mol. The number of thiophene rings is 1. The van der Waals surface area contributed by atoms with Crippen LogP contribution in [0.2, 0.25) is 18.1 Å². The van der Waals surface area contributed by atoms with E-state index < -0.39 is 14.3 Å². The molecule has 3 aromatic rings. The van der Waals surface area contributed by atoms with Gasteiger partial charge in [0.05, 0.1) is 30.7 Å². The van der Waals surface area contributed by atoms with Crippen LogP contribution in [0.25, 0.3) is 21.3 Å². The molecule has 6 nitrogen and oxygen atoms in total. The van der Waals surface area contributed by atoms with Crippen LogP contribution in [0.5, 0.6) is 5.75 Å². The van der Waals surface area contributed by atoms with E-state index in [0.717, 1.165) is 48.1 Å². The van der Waals surface area contributed by atoms with Crippen molar-refractivity contribution in [1.29, 1.82) is 0 Å². The summed E-state index contributed by atoms with van der Waals surface area (Å²) in [7, 11) is -0.272. The summed E-state index contributed by atoms with van der Waals surface area (Å²) in [5.74, 6) is 0.440. The van der Waals surface area contributed by atoms with E-state index in [1.165, 1.54) is 16.6 Å². The number of carbonyl (C=O) groups is 1. The molecule has 2 heterocycles. The second-order valence-corrected chi connectivity index (χ2v) is 18.0. The number of nitrogens with one attached hydrogen (secondary N) is 1. The maximum atomic E-state index is 13.4. The molecule has 1 saturated carbocycles. The van der Waals surface area contributed by atoms with Crippen molar-refractivity contribution >= 4 is 36.5 Å². The van der Waals surface area contributed by atoms with Crippen LogP contribution in [0.3, 0.4) is 0 Å². The number of benzene rings is 1. The van der Waals surface area contributed by atoms with Crippen LogP contribution < -0.4 is 10.2 Å². The van der Waals surface area contributed by atoms with E-state index >= 15 is 0 Å². The normalized spacial score (nSPS) is 17.9. The molecule has 2 aromatic heterocycles. The molecular weight excluding hydrogens is 514 g/mol. The predicted octanol–water partition coefficient (Wildman–Crippen LogP) is 7.72. The van der Waals surface area contributed by atoms with Gasteiger partial charge in [0.25, 0.3) is 0 Å². The number of fused-ring (bicyclic) bond motifs is 2. The Morgan fingerprint density at radius 1 is 1.16 bits per heavy atom. The van der Waals surface area contributed by atoms with E-state index in [1.807, 2.05) is 17.4 Å². The molecule has 204 valence electrons. The maximum absolute atomic E-state index is 13.4. The van der Waals surface area contributed by atoms with Crippen LogP contribution in [0.1, 0.15) is 91.8 Å². The molecule has 2 aliphatic rings. The highest BCUT2D eigenvalue weighted by Crippen LogP contribution is 2.53. The number of ether oxygens (including phenoxy) is 2. The number of hydrogen-bond acceptors (Lipinski definition) is 6. The molecule has 0 radical (unpaired) electrons. The molecule has 5 rings (SSSR count). The lowest BCUT2D eigenvalue weighted by molar-refractivity contribution is 0.0524. The topological polar surface area (TPSA) is 77.6 Å². The molecule has 1 atom stereocenters. The van der Waals surface area contributed by atoms with Crippen LogP contribution >= 0.6 is 11.3 Å². The first-order chi connectivity index (χ1) is 18.0. The largest absolute Gasteiger partial charge is 0.494 e. The average Bonchev–Trinajstić information content (AvgIpc) is 3.60. The van der Waals surface area contributed by atoms with Crippen LogP contribution in [0.4, 0.5) is 0 Å². The molecule has 0 saturated heterocycles. The molecule has 1 aromatic carbocycles. The van der Waals surface area contributed by atoms with E-state index in [1.54, 1.807) is 14.0 Å². The van der Waals surface area contributed by atoms with Gasteiger partial charge in [0.2, 0.25) is 5.43 Å². The van der Waals surface area contributed by atoms with Crippen LogP contribution in [-0.2, 0) is 15.6 Å². The minimum Gasteiger partial charge on any atom is -0.494 e. The van der Waals surface area contributed by atoms with Crippen molar-refractivity contribution in [3.63, 3.8) is 0 Å². The Morgan fingerprint density at radius 3 is 2.53 bits per heavy atom. The van der Waals surface area contributed by atoms with Crippen molar-refractivity contribution < 1.29 is 18.7 Å². The first-order valence-corrected chi connectivity index (χ1v) is 17.4. The Kier molecular flexibility index (Phi) is 7.11. The van der Waals surface area contributed by atoms with Crippen LogP contribution in [0, 0.1) is 0 Å². The standard InChI is InChI=1S/C30H39NO5SSi/c1-8-35-29(33)21-16-31-26-20(27(21)32)14-18(17-12-13-17)25(28(26)34-5)24-15-19-22(10-9-11-23(19)37-24)36-38(6,7)30(2,3)4/h14-17,22H,8-13H2,1-7H3,(H,31,32). The highest BCUT2D eigenvalue weighted by atomic mass is 32.1. The van der Waals surface area contributed by atoms with Gasteiger partial charge in [-0.1, -0.05) is 20.8 Å². The highest BCUT2D eigenvalue weighted by molar-refractivity contribution is 7.15. The Labute approximate surface area is 229 Å². The van der Waals surface area contributed by atoms with Gasteiger partial charge in [-0.2, -0.15) is 0 Å². The van der Waals surface area contributed by atoms with E-state index in [4.69, 9.17) is 13.9 Å². The fourth-order valence-electron chi connectivity index (χ4n) is 5.18. The number of H-pyrrole nitrogens is 1. The zero-order chi connectivity index (χ0) is 27.4. The third-order valence-electron chi connectivity index (χ3n) is 8.43. The number of methoxy groups -OCH3 is 1. The van der Waals surface area contributed by atoms with Crippen LogP contribution in [-0.4, -0.2) is 33.0 Å². The van der Waals surface area contributed by atoms with Crippen LogP contribution in [0.15, 0.2) is 23.1 Å². The second kappa shape index (κ2) is 9.95. The third kappa shape index (κ3) is 4.75. The number of aromatic amines is 1. The Bertz CT molecular complexity index is 1440. The quantitative estimate of drug-likeness (QED) is 0.239. The molecule has 0 aliphatic heterocycles. The molecule has 2 aliphatic carbocycles. The summed E-state index contributed by atoms with van der Waals surface area (Å²) < 4.78 is 18.1. The third-order valence-corrected chi connectivity index (χ3v) is 14.1. The smallest absolute Gasteiger partial charge is 0.343 e. The number of hydrogen-bond donors (Lipinski definition) is 1. The fourth-order valence-corrected chi connectivity index (χ4v) is 7.81. The number of esters is 1. The van der Waals surface area contributed by atoms with Gasteiger partial charge in [-0.05, 0) is 86.3 Å². The van der Waals surface area contributed by atoms with Crippen molar-refractivity contribution in [2.45, 2.75) is 90.0 Å². The number of rotatable bonds is 7. The fraction of sp³-hybridized carbons (Fsp3) is 0.533. The second-order valence-electron chi connectivity index (χ2n) is 12.1. The molecule has 38 heavy (non-hydrogen) atoms. The Balaban J connectivity index is 1.65. The minimum atomic E-state index is -1.93. The van der Waals surface area contributed by atoms with Gasteiger partial charge in [0.1, 0.15) is 5.56 Å². The van der Waals surface area contributed by atoms with Gasteiger partial charge >= 0.3 is 5.97 Å². The van der Waals surface area contributed by atoms with E-state index in [2.05, 4.69) is 44.9 Å². The summed E-state index contributed by atoms with van der Waals surface area (Å²) >= 11 is 1.83. The summed E-state index contributed by atoms with van der Waals surface area (Å²) in [6, 6.07) is 4.30. The summed E-state index contributed by atoms with van der Waals surface area (Å²) in [5.41, 5.74) is 3.82. The predicted molar refractivity (Wildman–Crippen MR) is 156 cm³/mol. The highest BCUT2D eigenvalue weighted by Gasteiger charge is 2.41. The summed E-state index contributed by atoms with van der Waals surface area (Å²) in [6.45, 7) is 13.5. The SMILES string of the molecule is CCOC(=O)c1c[nH]c2c(OC)c(-c3cc4c(s3)CCCC4O[Si](C)(C)C(C)(C)C)c(C3CC3)cc2c1=O. The Hall–Kier alpha value is -2.42. The number of carbonyl (C=O) groups excluding carboxylic acids is 1. The van der Waals surface area contributed by atoms with Crippen molar-refractivity contribution in [3.05, 3.63) is 50.1 Å². The molecule has 0 amide bonds. The molecule has 1 fully saturated rings. The maximum Gasteiger partial charge on any atom is 0.343 e. The molecule has 1 unspecified atom stereocenters. The molecule has 1 N–H and O–H groups in total. The number of aromatic nitrogens is 1. The zero-order valence-electron chi connectivity index (χ0n) is 23.6. The summed E-state index contributed by atoms with van der Waals surface area (Å²) in [4.78, 5) is 31.5. The van der Waals surface area contributed by atoms with Crippen molar-refractivity contribution in [2.24, 2.45) is 0 Å². The zero-order valence-corrected chi connectivity index (χ0v) is 25.4. The first kappa shape index (κ1) is 27.2. The summed E-state index contributed by atoms with van der Waals surface area (Å²) in [6.07, 6.45) is 6.97. The molecule has 8 heteroatoms. The van der Waals surface area contributed by atoms with Gasteiger partial charge in [-0.3, -0.25) is 4.79 Å². The number of pyridine rings is 1. The van der Waals surface area contributed by atoms with Gasteiger partial charge in [0.15, 0.2) is 14.1 Å². The van der Waals surface area contributed by atoms with Gasteiger partial charge in [-0.15, -0.1) is 11.3 Å². The Morgan fingerprint density at radius 2 is 1.89 bits per heavy atom. The lowest BCUT2D eigenvalue weighted by Gasteiger charge is -2.40. The molecule has 0 spiro atoms. The van der Waals surface area contributed by atoms with E-state index in [-0.39, 0.29) is 28.7 Å². The molecule has 0 bridgehead atoms. The lowest BCUT2D eigenvalue weighted by Crippen LogP contribution is -2.42. The number of aryl methyl sites for hydroxylation is 1. The van der Waals surface area contributed by atoms with E-state index in [9.17, 15) is 9.59 Å². The van der Waals surface area contributed by atoms with Crippen molar-refractivity contribution in [3.8, 4) is 16.2 Å². The monoisotopic (exact) mass is 553 g/mol. The van der Waals surface area contributed by atoms with Crippen molar-refractivity contribution in [2.75, 3.05) is 13.7 Å². The van der Waals surface area contributed by atoms with Gasteiger partial charge in [-0.25, -0.2) is 4.79 Å². The minimum absolute atomic E-state index is 0.0214. The summed E-state index contributed by atoms with van der Waals surface area (Å²) in [5, 5.41) is 0.622. The first-order valence-electron chi connectivity index (χ1n) is 13.7. The van der Waals surface area contributed by atoms with E-state index in [0.29, 0.717) is 22.6 Å². The van der Waals surface area contributed by atoms with Gasteiger partial charge < -0.3 is 18.9 Å². The van der Waals surface area contributed by atoms with Gasteiger partial charge in [0, 0.05) is 21.5 Å². The lowest BCUT2D eigenvalue weighted by atomic mass is 9.93. The van der Waals surface area contributed by atoms with Crippen molar-refractivity contribution in [1.82, 2.24) is 4.98 Å². The molecular formula is C30H39NO5SSi.